The molecule has 1 aliphatic rings. The fourth-order valence-electron chi connectivity index (χ4n) is 3.22. The van der Waals surface area contributed by atoms with Crippen molar-refractivity contribution < 1.29 is 5.11 Å². The Hall–Kier alpha value is -1.45. The summed E-state index contributed by atoms with van der Waals surface area (Å²) in [5, 5.41) is 14.0. The van der Waals surface area contributed by atoms with Gasteiger partial charge in [0.15, 0.2) is 0 Å². The predicted octanol–water partition coefficient (Wildman–Crippen LogP) is 2.73. The summed E-state index contributed by atoms with van der Waals surface area (Å²) in [7, 11) is 0. The van der Waals surface area contributed by atoms with Crippen molar-refractivity contribution in [1.29, 1.82) is 0 Å². The smallest absolute Gasteiger partial charge is 0.0705 e. The maximum atomic E-state index is 9.33. The number of fused-ring (bicyclic) bond motifs is 1. The van der Waals surface area contributed by atoms with E-state index in [1.165, 1.54) is 24.6 Å². The van der Waals surface area contributed by atoms with E-state index in [9.17, 15) is 5.11 Å². The molecule has 1 aromatic heterocycles. The number of aromatic nitrogens is 1. The first kappa shape index (κ1) is 13.5. The minimum atomic E-state index is 0.334. The first-order valence-electron chi connectivity index (χ1n) is 7.53. The Morgan fingerprint density at radius 2 is 1.95 bits per heavy atom. The second-order valence-corrected chi connectivity index (χ2v) is 5.76. The second-order valence-electron chi connectivity index (χ2n) is 5.76. The molecule has 1 saturated carbocycles. The molecule has 0 spiro atoms. The Morgan fingerprint density at radius 3 is 2.85 bits per heavy atom. The van der Waals surface area contributed by atoms with Crippen LogP contribution >= 0.6 is 0 Å². The third-order valence-electron chi connectivity index (χ3n) is 4.42. The maximum Gasteiger partial charge on any atom is 0.0705 e. The lowest BCUT2D eigenvalue weighted by atomic mass is 9.97. The van der Waals surface area contributed by atoms with Crippen LogP contribution in [-0.4, -0.2) is 23.2 Å². The molecule has 3 nitrogen and oxygen atoms in total. The molecule has 2 atom stereocenters. The highest BCUT2D eigenvalue weighted by Crippen LogP contribution is 2.30. The largest absolute Gasteiger partial charge is 0.396 e. The summed E-state index contributed by atoms with van der Waals surface area (Å²) in [5.74, 6) is 1.12. The average Bonchev–Trinajstić information content (AvgIpc) is 2.95. The topological polar surface area (TPSA) is 45.1 Å². The van der Waals surface area contributed by atoms with Crippen molar-refractivity contribution in [3.8, 4) is 0 Å². The van der Waals surface area contributed by atoms with Crippen LogP contribution in [0.4, 0.5) is 0 Å². The van der Waals surface area contributed by atoms with Crippen molar-refractivity contribution in [1.82, 2.24) is 10.3 Å². The quantitative estimate of drug-likeness (QED) is 0.878. The summed E-state index contributed by atoms with van der Waals surface area (Å²) >= 11 is 0. The number of pyridine rings is 1. The molecule has 1 aromatic carbocycles. The van der Waals surface area contributed by atoms with E-state index in [0.29, 0.717) is 18.4 Å². The molecule has 0 aliphatic heterocycles. The van der Waals surface area contributed by atoms with Crippen LogP contribution in [0.15, 0.2) is 36.4 Å². The molecule has 2 N–H and O–H groups in total. The Kier molecular flexibility index (Phi) is 4.28. The molecule has 106 valence electrons. The molecular formula is C17H22N2O. The molecule has 0 bridgehead atoms. The summed E-state index contributed by atoms with van der Waals surface area (Å²) in [5.41, 5.74) is 2.14. The molecule has 0 amide bonds. The lowest BCUT2D eigenvalue weighted by Gasteiger charge is -2.17. The molecule has 3 heteroatoms. The molecule has 3 rings (SSSR count). The number of benzene rings is 1. The zero-order valence-electron chi connectivity index (χ0n) is 11.8. The van der Waals surface area contributed by atoms with Crippen LogP contribution in [0.5, 0.6) is 0 Å². The maximum absolute atomic E-state index is 9.33. The highest BCUT2D eigenvalue weighted by Gasteiger charge is 2.25. The monoisotopic (exact) mass is 270 g/mol. The number of nitrogens with one attached hydrogen (secondary N) is 1. The van der Waals surface area contributed by atoms with Gasteiger partial charge in [-0.05, 0) is 43.4 Å². The van der Waals surface area contributed by atoms with Crippen molar-refractivity contribution in [2.24, 2.45) is 11.8 Å². The van der Waals surface area contributed by atoms with Crippen LogP contribution in [-0.2, 0) is 6.54 Å². The number of rotatable bonds is 5. The summed E-state index contributed by atoms with van der Waals surface area (Å²) in [4.78, 5) is 4.67. The zero-order chi connectivity index (χ0) is 13.8. The molecule has 2 unspecified atom stereocenters. The highest BCUT2D eigenvalue weighted by atomic mass is 16.3. The lowest BCUT2D eigenvalue weighted by Crippen LogP contribution is -2.26. The summed E-state index contributed by atoms with van der Waals surface area (Å²) in [6.45, 7) is 2.12. The van der Waals surface area contributed by atoms with Gasteiger partial charge in [0, 0.05) is 18.5 Å². The van der Waals surface area contributed by atoms with E-state index in [2.05, 4.69) is 34.6 Å². The molecule has 0 saturated heterocycles. The van der Waals surface area contributed by atoms with Crippen molar-refractivity contribution in [3.63, 3.8) is 0 Å². The van der Waals surface area contributed by atoms with Gasteiger partial charge in [0.25, 0.3) is 0 Å². The van der Waals surface area contributed by atoms with Crippen LogP contribution in [0.3, 0.4) is 0 Å². The van der Waals surface area contributed by atoms with Gasteiger partial charge in [-0.15, -0.1) is 0 Å². The number of aliphatic hydroxyl groups is 1. The van der Waals surface area contributed by atoms with Gasteiger partial charge >= 0.3 is 0 Å². The molecule has 2 aromatic rings. The van der Waals surface area contributed by atoms with Gasteiger partial charge in [0.2, 0.25) is 0 Å². The Labute approximate surface area is 120 Å². The van der Waals surface area contributed by atoms with E-state index in [-0.39, 0.29) is 0 Å². The molecule has 1 aliphatic carbocycles. The Balaban J connectivity index is 1.57. The van der Waals surface area contributed by atoms with E-state index in [0.717, 1.165) is 24.3 Å². The normalized spacial score (nSPS) is 22.4. The first-order chi connectivity index (χ1) is 9.86. The van der Waals surface area contributed by atoms with E-state index in [1.54, 1.807) is 0 Å². The predicted molar refractivity (Wildman–Crippen MR) is 81.4 cm³/mol. The summed E-state index contributed by atoms with van der Waals surface area (Å²) < 4.78 is 0. The first-order valence-corrected chi connectivity index (χ1v) is 7.53. The van der Waals surface area contributed by atoms with Gasteiger partial charge < -0.3 is 10.4 Å². The van der Waals surface area contributed by atoms with Crippen LogP contribution in [0.1, 0.15) is 25.0 Å². The zero-order valence-corrected chi connectivity index (χ0v) is 11.8. The van der Waals surface area contributed by atoms with Gasteiger partial charge in [0.1, 0.15) is 0 Å². The number of nitrogens with zero attached hydrogens (tertiary/aromatic N) is 1. The minimum absolute atomic E-state index is 0.334. The summed E-state index contributed by atoms with van der Waals surface area (Å²) in [6, 6.07) is 12.4. The fraction of sp³-hybridized carbons (Fsp3) is 0.471. The van der Waals surface area contributed by atoms with Crippen LogP contribution in [0.25, 0.3) is 10.9 Å². The van der Waals surface area contributed by atoms with Gasteiger partial charge in [-0.1, -0.05) is 30.7 Å². The lowest BCUT2D eigenvalue weighted by molar-refractivity contribution is 0.192. The third-order valence-corrected chi connectivity index (χ3v) is 4.42. The molecule has 20 heavy (non-hydrogen) atoms. The van der Waals surface area contributed by atoms with Gasteiger partial charge in [-0.2, -0.15) is 0 Å². The van der Waals surface area contributed by atoms with E-state index in [4.69, 9.17) is 0 Å². The average molecular weight is 270 g/mol. The molecular weight excluding hydrogens is 248 g/mol. The van der Waals surface area contributed by atoms with Gasteiger partial charge in [0.05, 0.1) is 11.2 Å². The van der Waals surface area contributed by atoms with Crippen molar-refractivity contribution in [2.45, 2.75) is 25.8 Å². The molecule has 1 fully saturated rings. The van der Waals surface area contributed by atoms with Crippen molar-refractivity contribution in [3.05, 3.63) is 42.1 Å². The highest BCUT2D eigenvalue weighted by molar-refractivity contribution is 5.78. The van der Waals surface area contributed by atoms with Gasteiger partial charge in [-0.25, -0.2) is 0 Å². The van der Waals surface area contributed by atoms with Crippen molar-refractivity contribution in [2.75, 3.05) is 13.2 Å². The fourth-order valence-corrected chi connectivity index (χ4v) is 3.22. The van der Waals surface area contributed by atoms with E-state index >= 15 is 0 Å². The number of hydrogen-bond donors (Lipinski definition) is 2. The third kappa shape index (κ3) is 3.00. The van der Waals surface area contributed by atoms with Crippen LogP contribution in [0.2, 0.25) is 0 Å². The number of hydrogen-bond acceptors (Lipinski definition) is 3. The SMILES string of the molecule is OCC1CCCC1CNCc1ccc2ccccc2n1. The van der Waals surface area contributed by atoms with Crippen molar-refractivity contribution >= 4 is 10.9 Å². The minimum Gasteiger partial charge on any atom is -0.396 e. The van der Waals surface area contributed by atoms with Crippen LogP contribution in [0, 0.1) is 11.8 Å². The number of para-hydroxylation sites is 1. The van der Waals surface area contributed by atoms with Gasteiger partial charge in [-0.3, -0.25) is 4.98 Å². The van der Waals surface area contributed by atoms with Crippen LogP contribution < -0.4 is 5.32 Å². The van der Waals surface area contributed by atoms with E-state index in [1.807, 2.05) is 12.1 Å². The number of aliphatic hydroxyl groups excluding tert-OH is 1. The Bertz CT molecular complexity index is 570. The molecule has 1 heterocycles. The molecule has 0 radical (unpaired) electrons. The summed E-state index contributed by atoms with van der Waals surface area (Å²) in [6.07, 6.45) is 3.67. The standard InChI is InChI=1S/C17H22N2O/c20-12-15-6-3-5-14(15)10-18-11-16-9-8-13-4-1-2-7-17(13)19-16/h1-2,4,7-9,14-15,18,20H,3,5-6,10-12H2. The second kappa shape index (κ2) is 6.33. The van der Waals surface area contributed by atoms with E-state index < -0.39 is 0 Å². The Morgan fingerprint density at radius 1 is 1.10 bits per heavy atom.